The second-order valence-electron chi connectivity index (χ2n) is 17.3. The molecule has 6 heteroatoms. The van der Waals surface area contributed by atoms with Crippen molar-refractivity contribution in [2.24, 2.45) is 62.1 Å². The maximum absolute atomic E-state index is 13.2. The van der Waals surface area contributed by atoms with Gasteiger partial charge in [0.05, 0.1) is 17.3 Å². The Kier molecular flexibility index (Phi) is 7.39. The van der Waals surface area contributed by atoms with Crippen molar-refractivity contribution in [3.8, 4) is 0 Å². The number of carbonyl (C=O) groups excluding carboxylic acids is 1. The first-order valence-corrected chi connectivity index (χ1v) is 16.6. The molecule has 0 bridgehead atoms. The second kappa shape index (κ2) is 9.83. The number of rotatable bonds is 5. The van der Waals surface area contributed by atoms with E-state index < -0.39 is 28.7 Å². The third kappa shape index (κ3) is 4.19. The fraction of sp³-hybridized carbons (Fsp3) is 0.861. The zero-order valence-electron chi connectivity index (χ0n) is 27.6. The van der Waals surface area contributed by atoms with Gasteiger partial charge in [-0.2, -0.15) is 0 Å². The molecule has 4 saturated carbocycles. The third-order valence-corrected chi connectivity index (χ3v) is 14.7. The molecular formula is C36H56O6. The van der Waals surface area contributed by atoms with E-state index in [1.165, 1.54) is 5.57 Å². The first-order valence-electron chi connectivity index (χ1n) is 16.6. The quantitative estimate of drug-likeness (QED) is 0.250. The van der Waals surface area contributed by atoms with Crippen molar-refractivity contribution in [3.05, 3.63) is 11.6 Å². The van der Waals surface area contributed by atoms with Gasteiger partial charge in [0.25, 0.3) is 0 Å². The molecule has 2 N–H and O–H groups in total. The number of ether oxygens (including phenoxy) is 1. The molecule has 5 rings (SSSR count). The Morgan fingerprint density at radius 2 is 1.57 bits per heavy atom. The van der Waals surface area contributed by atoms with Crippen LogP contribution in [0.4, 0.5) is 0 Å². The van der Waals surface area contributed by atoms with Crippen LogP contribution in [0.5, 0.6) is 0 Å². The van der Waals surface area contributed by atoms with Crippen LogP contribution >= 0.6 is 0 Å². The van der Waals surface area contributed by atoms with E-state index >= 15 is 0 Å². The predicted molar refractivity (Wildman–Crippen MR) is 163 cm³/mol. The van der Waals surface area contributed by atoms with E-state index in [2.05, 4.69) is 54.5 Å². The lowest BCUT2D eigenvalue weighted by Crippen LogP contribution is -2.65. The highest BCUT2D eigenvalue weighted by Gasteiger charge is 2.69. The van der Waals surface area contributed by atoms with Crippen LogP contribution in [0.1, 0.15) is 127 Å². The first-order chi connectivity index (χ1) is 19.3. The van der Waals surface area contributed by atoms with Crippen molar-refractivity contribution < 1.29 is 29.3 Å². The van der Waals surface area contributed by atoms with Crippen LogP contribution in [0.15, 0.2) is 11.6 Å². The zero-order valence-corrected chi connectivity index (χ0v) is 27.6. The van der Waals surface area contributed by atoms with E-state index in [1.807, 2.05) is 0 Å². The molecule has 236 valence electrons. The molecule has 0 aromatic carbocycles. The SMILES string of the molecule is C[C@@H]1CC[C@]2(C(=O)O)CC[C@]3(C)C(=CCC4[C@@]5(C)CC[C@H](OC(=O)C(C)(C)CC(=O)O)C(C)(C)C5CC[C@]43C)C2[C@H]1C. The summed E-state index contributed by atoms with van der Waals surface area (Å²) < 4.78 is 6.18. The van der Waals surface area contributed by atoms with Crippen LogP contribution < -0.4 is 0 Å². The Bertz CT molecular complexity index is 1180. The lowest BCUT2D eigenvalue weighted by atomic mass is 9.33. The average molecular weight is 585 g/mol. The molecule has 42 heavy (non-hydrogen) atoms. The van der Waals surface area contributed by atoms with E-state index in [0.717, 1.165) is 57.8 Å². The molecule has 0 heterocycles. The van der Waals surface area contributed by atoms with Crippen LogP contribution in [0.25, 0.3) is 0 Å². The van der Waals surface area contributed by atoms with Gasteiger partial charge in [0.2, 0.25) is 0 Å². The Hall–Kier alpha value is -1.85. The van der Waals surface area contributed by atoms with Gasteiger partial charge in [0.1, 0.15) is 6.10 Å². The van der Waals surface area contributed by atoms with Crippen molar-refractivity contribution in [1.29, 1.82) is 0 Å². The summed E-state index contributed by atoms with van der Waals surface area (Å²) in [5, 5.41) is 20.0. The maximum atomic E-state index is 13.2. The molecule has 10 atom stereocenters. The number of hydrogen-bond acceptors (Lipinski definition) is 4. The molecule has 0 aliphatic heterocycles. The van der Waals surface area contributed by atoms with E-state index in [0.29, 0.717) is 23.7 Å². The highest BCUT2D eigenvalue weighted by Crippen LogP contribution is 2.75. The summed E-state index contributed by atoms with van der Waals surface area (Å²) in [5.74, 6) is -0.120. The van der Waals surface area contributed by atoms with E-state index in [9.17, 15) is 24.6 Å². The summed E-state index contributed by atoms with van der Waals surface area (Å²) in [7, 11) is 0. The molecule has 5 aliphatic carbocycles. The number of aliphatic carboxylic acids is 2. The molecule has 0 amide bonds. The van der Waals surface area contributed by atoms with Gasteiger partial charge in [-0.25, -0.2) is 0 Å². The lowest BCUT2D eigenvalue weighted by Gasteiger charge is -2.71. The number of carbonyl (C=O) groups is 3. The standard InChI is InChI=1S/C36H56O6/c1-21-12-17-36(29(39)40)19-18-34(8)23(28(36)22(21)2)10-11-25-33(7)15-14-26(42-30(41)31(3,4)20-27(37)38)32(5,6)24(33)13-16-35(25,34)9/h10,21-22,24-26,28H,11-20H2,1-9H3,(H,37,38)(H,39,40)/t21-,22+,24?,25?,26+,28?,33+,34-,35-,36+/m1/s1. The smallest absolute Gasteiger partial charge is 0.312 e. The molecule has 0 spiro atoms. The van der Waals surface area contributed by atoms with Crippen molar-refractivity contribution >= 4 is 17.9 Å². The van der Waals surface area contributed by atoms with Crippen molar-refractivity contribution in [1.82, 2.24) is 0 Å². The van der Waals surface area contributed by atoms with Gasteiger partial charge in [-0.3, -0.25) is 14.4 Å². The number of hydrogen-bond donors (Lipinski definition) is 2. The molecule has 5 aliphatic rings. The molecule has 3 unspecified atom stereocenters. The van der Waals surface area contributed by atoms with Gasteiger partial charge in [-0.15, -0.1) is 0 Å². The molecule has 0 radical (unpaired) electrons. The fourth-order valence-electron chi connectivity index (χ4n) is 11.8. The van der Waals surface area contributed by atoms with E-state index in [1.54, 1.807) is 13.8 Å². The molecule has 0 saturated heterocycles. The van der Waals surface area contributed by atoms with Crippen molar-refractivity contribution in [2.45, 2.75) is 133 Å². The van der Waals surface area contributed by atoms with E-state index in [4.69, 9.17) is 4.74 Å². The van der Waals surface area contributed by atoms with Gasteiger partial charge >= 0.3 is 17.9 Å². The van der Waals surface area contributed by atoms with Crippen LogP contribution in [0.3, 0.4) is 0 Å². The number of allylic oxidation sites excluding steroid dienone is 2. The predicted octanol–water partition coefficient (Wildman–Crippen LogP) is 8.14. The molecule has 0 aromatic heterocycles. The Labute approximate surface area is 253 Å². The summed E-state index contributed by atoms with van der Waals surface area (Å²) in [4.78, 5) is 37.5. The number of esters is 1. The molecule has 0 aromatic rings. The number of carboxylic acid groups (broad SMARTS) is 2. The summed E-state index contributed by atoms with van der Waals surface area (Å²) in [6, 6.07) is 0. The molecule has 6 nitrogen and oxygen atoms in total. The molecular weight excluding hydrogens is 528 g/mol. The summed E-state index contributed by atoms with van der Waals surface area (Å²) in [6.45, 7) is 20.0. The Morgan fingerprint density at radius 1 is 0.905 bits per heavy atom. The monoisotopic (exact) mass is 584 g/mol. The highest BCUT2D eigenvalue weighted by molar-refractivity contribution is 5.82. The Balaban J connectivity index is 1.47. The van der Waals surface area contributed by atoms with Gasteiger partial charge in [-0.05, 0) is 117 Å². The van der Waals surface area contributed by atoms with Gasteiger partial charge < -0.3 is 14.9 Å². The van der Waals surface area contributed by atoms with Crippen LogP contribution in [-0.2, 0) is 19.1 Å². The van der Waals surface area contributed by atoms with Crippen LogP contribution in [-0.4, -0.2) is 34.2 Å². The maximum Gasteiger partial charge on any atom is 0.312 e. The average Bonchev–Trinajstić information content (AvgIpc) is 2.87. The summed E-state index contributed by atoms with van der Waals surface area (Å²) in [5.41, 5.74) is -0.324. The minimum absolute atomic E-state index is 0.0207. The fourth-order valence-corrected chi connectivity index (χ4v) is 11.8. The number of carboxylic acids is 2. The summed E-state index contributed by atoms with van der Waals surface area (Å²) in [6.07, 6.45) is 10.5. The highest BCUT2D eigenvalue weighted by atomic mass is 16.5. The van der Waals surface area contributed by atoms with E-state index in [-0.39, 0.29) is 40.1 Å². The van der Waals surface area contributed by atoms with Gasteiger partial charge in [-0.1, -0.05) is 60.1 Å². The van der Waals surface area contributed by atoms with Gasteiger partial charge in [0.15, 0.2) is 0 Å². The van der Waals surface area contributed by atoms with Gasteiger partial charge in [0, 0.05) is 5.41 Å². The summed E-state index contributed by atoms with van der Waals surface area (Å²) >= 11 is 0. The number of fused-ring (bicyclic) bond motifs is 7. The normalized spacial score (nSPS) is 46.2. The molecule has 4 fully saturated rings. The van der Waals surface area contributed by atoms with Crippen molar-refractivity contribution in [2.75, 3.05) is 0 Å². The van der Waals surface area contributed by atoms with Crippen LogP contribution in [0.2, 0.25) is 0 Å². The zero-order chi connectivity index (χ0) is 31.3. The van der Waals surface area contributed by atoms with Crippen molar-refractivity contribution in [3.63, 3.8) is 0 Å². The topological polar surface area (TPSA) is 101 Å². The largest absolute Gasteiger partial charge is 0.481 e. The van der Waals surface area contributed by atoms with Crippen LogP contribution in [0, 0.1) is 62.1 Å². The lowest BCUT2D eigenvalue weighted by molar-refractivity contribution is -0.217. The minimum Gasteiger partial charge on any atom is -0.481 e. The Morgan fingerprint density at radius 3 is 2.19 bits per heavy atom. The third-order valence-electron chi connectivity index (χ3n) is 14.7. The second-order valence-corrected chi connectivity index (χ2v) is 17.3. The minimum atomic E-state index is -1.06. The first kappa shape index (κ1) is 31.6.